The number of nitrogens with two attached hydrogens (primary N) is 1. The minimum absolute atomic E-state index is 0. The lowest BCUT2D eigenvalue weighted by Crippen LogP contribution is -2.44. The van der Waals surface area contributed by atoms with Gasteiger partial charge >= 0.3 is 0 Å². The molecule has 0 saturated carbocycles. The van der Waals surface area contributed by atoms with E-state index in [9.17, 15) is 0 Å². The molecule has 1 aliphatic heterocycles. The molecule has 122 valence electrons. The van der Waals surface area contributed by atoms with E-state index in [1.54, 1.807) is 0 Å². The molecule has 2 heterocycles. The molecular weight excluding hydrogens is 405 g/mol. The predicted molar refractivity (Wildman–Crippen MR) is 101 cm³/mol. The zero-order chi connectivity index (χ0) is 15.2. The van der Waals surface area contributed by atoms with Gasteiger partial charge in [-0.2, -0.15) is 0 Å². The normalized spacial score (nSPS) is 15.1. The van der Waals surface area contributed by atoms with Gasteiger partial charge in [0.05, 0.1) is 13.2 Å². The van der Waals surface area contributed by atoms with E-state index in [0.29, 0.717) is 31.5 Å². The lowest BCUT2D eigenvalue weighted by molar-refractivity contribution is 0.0674. The van der Waals surface area contributed by atoms with Gasteiger partial charge in [0.25, 0.3) is 0 Å². The molecular formula is C16H20IN5O. The van der Waals surface area contributed by atoms with Gasteiger partial charge in [-0.15, -0.1) is 24.0 Å². The van der Waals surface area contributed by atoms with E-state index in [4.69, 9.17) is 10.5 Å². The van der Waals surface area contributed by atoms with Crippen molar-refractivity contribution in [2.45, 2.75) is 6.54 Å². The van der Waals surface area contributed by atoms with Crippen LogP contribution in [-0.4, -0.2) is 47.1 Å². The van der Waals surface area contributed by atoms with Gasteiger partial charge in [-0.05, 0) is 5.56 Å². The van der Waals surface area contributed by atoms with Crippen molar-refractivity contribution in [1.29, 1.82) is 0 Å². The Kier molecular flexibility index (Phi) is 6.72. The molecule has 2 aromatic rings. The number of halogens is 1. The van der Waals surface area contributed by atoms with Crippen LogP contribution in [0.3, 0.4) is 0 Å². The van der Waals surface area contributed by atoms with Gasteiger partial charge in [-0.25, -0.2) is 15.0 Å². The van der Waals surface area contributed by atoms with Crippen molar-refractivity contribution < 1.29 is 4.74 Å². The van der Waals surface area contributed by atoms with Crippen LogP contribution in [0.2, 0.25) is 0 Å². The van der Waals surface area contributed by atoms with Crippen molar-refractivity contribution in [3.8, 4) is 11.1 Å². The van der Waals surface area contributed by atoms with Crippen molar-refractivity contribution in [3.05, 3.63) is 48.5 Å². The summed E-state index contributed by atoms with van der Waals surface area (Å²) in [6.07, 6.45) is 3.64. The molecule has 0 bridgehead atoms. The number of guanidine groups is 1. The number of hydrogen-bond acceptors (Lipinski definition) is 4. The smallest absolute Gasteiger partial charge is 0.191 e. The number of ether oxygens (including phenoxy) is 1. The second-order valence-electron chi connectivity index (χ2n) is 5.03. The Morgan fingerprint density at radius 2 is 1.74 bits per heavy atom. The molecule has 1 aromatic carbocycles. The van der Waals surface area contributed by atoms with Gasteiger partial charge in [0.2, 0.25) is 0 Å². The SMILES string of the molecule is I.NC(=NCc1ncc(-c2ccccc2)cn1)N1CCOCC1. The first-order chi connectivity index (χ1) is 10.8. The summed E-state index contributed by atoms with van der Waals surface area (Å²) in [5, 5.41) is 0. The van der Waals surface area contributed by atoms with Crippen LogP contribution in [0.4, 0.5) is 0 Å². The van der Waals surface area contributed by atoms with Crippen molar-refractivity contribution in [1.82, 2.24) is 14.9 Å². The van der Waals surface area contributed by atoms with E-state index >= 15 is 0 Å². The highest BCUT2D eigenvalue weighted by Crippen LogP contribution is 2.16. The molecule has 0 amide bonds. The maximum atomic E-state index is 5.98. The summed E-state index contributed by atoms with van der Waals surface area (Å²) in [6, 6.07) is 10.1. The second kappa shape index (κ2) is 8.78. The number of rotatable bonds is 3. The summed E-state index contributed by atoms with van der Waals surface area (Å²) in [5.41, 5.74) is 8.08. The first-order valence-electron chi connectivity index (χ1n) is 7.32. The van der Waals surface area contributed by atoms with Gasteiger partial charge in [-0.1, -0.05) is 30.3 Å². The number of aliphatic imine (C=N–C) groups is 1. The molecule has 6 nitrogen and oxygen atoms in total. The van der Waals surface area contributed by atoms with Crippen LogP contribution in [0.5, 0.6) is 0 Å². The van der Waals surface area contributed by atoms with Crippen LogP contribution in [0, 0.1) is 0 Å². The Hall–Kier alpha value is -1.74. The third-order valence-electron chi connectivity index (χ3n) is 3.53. The second-order valence-corrected chi connectivity index (χ2v) is 5.03. The summed E-state index contributed by atoms with van der Waals surface area (Å²) in [7, 11) is 0. The molecule has 1 saturated heterocycles. The molecule has 7 heteroatoms. The van der Waals surface area contributed by atoms with Crippen LogP contribution in [-0.2, 0) is 11.3 Å². The van der Waals surface area contributed by atoms with Gasteiger partial charge in [-0.3, -0.25) is 0 Å². The predicted octanol–water partition coefficient (Wildman–Crippen LogP) is 1.91. The molecule has 0 atom stereocenters. The molecule has 3 rings (SSSR count). The Labute approximate surface area is 152 Å². The number of benzene rings is 1. The summed E-state index contributed by atoms with van der Waals surface area (Å²) >= 11 is 0. The van der Waals surface area contributed by atoms with E-state index in [0.717, 1.165) is 24.2 Å². The fourth-order valence-electron chi connectivity index (χ4n) is 2.26. The largest absolute Gasteiger partial charge is 0.378 e. The van der Waals surface area contributed by atoms with Crippen molar-refractivity contribution in [2.24, 2.45) is 10.7 Å². The highest BCUT2D eigenvalue weighted by molar-refractivity contribution is 14.0. The zero-order valence-corrected chi connectivity index (χ0v) is 15.1. The van der Waals surface area contributed by atoms with E-state index in [-0.39, 0.29) is 24.0 Å². The van der Waals surface area contributed by atoms with Crippen molar-refractivity contribution >= 4 is 29.9 Å². The van der Waals surface area contributed by atoms with Gasteiger partial charge in [0, 0.05) is 31.0 Å². The molecule has 0 unspecified atom stereocenters. The molecule has 0 spiro atoms. The summed E-state index contributed by atoms with van der Waals surface area (Å²) in [5.74, 6) is 1.19. The fraction of sp³-hybridized carbons (Fsp3) is 0.312. The van der Waals surface area contributed by atoms with Crippen molar-refractivity contribution in [3.63, 3.8) is 0 Å². The summed E-state index contributed by atoms with van der Waals surface area (Å²) in [6.45, 7) is 3.33. The molecule has 1 fully saturated rings. The number of nitrogens with zero attached hydrogens (tertiary/aromatic N) is 4. The minimum Gasteiger partial charge on any atom is -0.378 e. The van der Waals surface area contributed by atoms with Crippen LogP contribution >= 0.6 is 24.0 Å². The first kappa shape index (κ1) is 17.6. The van der Waals surface area contributed by atoms with Gasteiger partial charge < -0.3 is 15.4 Å². The zero-order valence-electron chi connectivity index (χ0n) is 12.8. The highest BCUT2D eigenvalue weighted by Gasteiger charge is 2.12. The summed E-state index contributed by atoms with van der Waals surface area (Å²) < 4.78 is 5.29. The highest BCUT2D eigenvalue weighted by atomic mass is 127. The molecule has 23 heavy (non-hydrogen) atoms. The lowest BCUT2D eigenvalue weighted by atomic mass is 10.1. The van der Waals surface area contributed by atoms with Crippen LogP contribution in [0.15, 0.2) is 47.7 Å². The van der Waals surface area contributed by atoms with Crippen LogP contribution in [0.1, 0.15) is 5.82 Å². The van der Waals surface area contributed by atoms with E-state index < -0.39 is 0 Å². The molecule has 0 radical (unpaired) electrons. The Morgan fingerprint density at radius 1 is 1.09 bits per heavy atom. The van der Waals surface area contributed by atoms with E-state index in [1.165, 1.54) is 0 Å². The van der Waals surface area contributed by atoms with Crippen LogP contribution < -0.4 is 5.73 Å². The topological polar surface area (TPSA) is 76.6 Å². The van der Waals surface area contributed by atoms with Crippen molar-refractivity contribution in [2.75, 3.05) is 26.3 Å². The average Bonchev–Trinajstić information content (AvgIpc) is 2.61. The standard InChI is InChI=1S/C16H19N5O.HI/c17-16(21-6-8-22-9-7-21)20-12-15-18-10-14(11-19-15)13-4-2-1-3-5-13;/h1-5,10-11H,6-9,12H2,(H2,17,20);1H. The molecule has 2 N–H and O–H groups in total. The number of hydrogen-bond donors (Lipinski definition) is 1. The maximum absolute atomic E-state index is 5.98. The van der Waals surface area contributed by atoms with Crippen LogP contribution in [0.25, 0.3) is 11.1 Å². The molecule has 1 aliphatic rings. The maximum Gasteiger partial charge on any atom is 0.191 e. The monoisotopic (exact) mass is 425 g/mol. The van der Waals surface area contributed by atoms with Gasteiger partial charge in [0.15, 0.2) is 5.96 Å². The number of morpholine rings is 1. The van der Waals surface area contributed by atoms with Gasteiger partial charge in [0.1, 0.15) is 12.4 Å². The quantitative estimate of drug-likeness (QED) is 0.462. The average molecular weight is 425 g/mol. The Bertz CT molecular complexity index is 627. The Morgan fingerprint density at radius 3 is 2.39 bits per heavy atom. The third kappa shape index (κ3) is 4.87. The number of aromatic nitrogens is 2. The fourth-order valence-corrected chi connectivity index (χ4v) is 2.26. The summed E-state index contributed by atoms with van der Waals surface area (Å²) in [4.78, 5) is 15.1. The molecule has 0 aliphatic carbocycles. The van der Waals surface area contributed by atoms with E-state index in [1.807, 2.05) is 47.6 Å². The first-order valence-corrected chi connectivity index (χ1v) is 7.32. The third-order valence-corrected chi connectivity index (χ3v) is 3.53. The Balaban J connectivity index is 0.00000192. The minimum atomic E-state index is 0. The lowest BCUT2D eigenvalue weighted by Gasteiger charge is -2.27. The van der Waals surface area contributed by atoms with E-state index in [2.05, 4.69) is 15.0 Å². The molecule has 1 aromatic heterocycles.